The number of nitrogens with one attached hydrogen (secondary N) is 1. The maximum absolute atomic E-state index is 12.6. The molecule has 0 amide bonds. The highest BCUT2D eigenvalue weighted by molar-refractivity contribution is 6.14. The third-order valence-electron chi connectivity index (χ3n) is 6.56. The molecule has 1 unspecified atom stereocenters. The number of guanidine groups is 1. The van der Waals surface area contributed by atoms with Crippen molar-refractivity contribution in [2.24, 2.45) is 15.4 Å². The van der Waals surface area contributed by atoms with Crippen LogP contribution in [-0.2, 0) is 11.2 Å². The largest absolute Gasteiger partial charge is 0.374 e. The van der Waals surface area contributed by atoms with Crippen LogP contribution in [0.2, 0.25) is 0 Å². The number of carbonyl (C=O) groups is 1. The molecule has 1 fully saturated rings. The molecule has 3 aliphatic rings. The van der Waals surface area contributed by atoms with Gasteiger partial charge in [0.2, 0.25) is 5.96 Å². The van der Waals surface area contributed by atoms with E-state index in [0.717, 1.165) is 49.6 Å². The molecular formula is C25H34N6O. The minimum atomic E-state index is -0.440. The second-order valence-electron chi connectivity index (χ2n) is 9.18. The Morgan fingerprint density at radius 1 is 1.31 bits per heavy atom. The van der Waals surface area contributed by atoms with E-state index in [1.165, 1.54) is 11.3 Å². The molecule has 2 aliphatic heterocycles. The molecule has 4 rings (SSSR count). The number of hydrogen-bond donors (Lipinski definition) is 1. The summed E-state index contributed by atoms with van der Waals surface area (Å²) in [4.78, 5) is 31.4. The number of rotatable bonds is 6. The highest BCUT2D eigenvalue weighted by Crippen LogP contribution is 2.42. The van der Waals surface area contributed by atoms with Gasteiger partial charge in [0.25, 0.3) is 0 Å². The van der Waals surface area contributed by atoms with Gasteiger partial charge in [0.05, 0.1) is 29.1 Å². The van der Waals surface area contributed by atoms with E-state index >= 15 is 0 Å². The molecule has 1 aromatic rings. The topological polar surface area (TPSA) is 73.2 Å². The average molecular weight is 435 g/mol. The van der Waals surface area contributed by atoms with Crippen LogP contribution in [0.1, 0.15) is 37.4 Å². The molecule has 7 nitrogen and oxygen atoms in total. The van der Waals surface area contributed by atoms with E-state index < -0.39 is 5.41 Å². The summed E-state index contributed by atoms with van der Waals surface area (Å²) in [5, 5.41) is 3.40. The molecule has 0 radical (unpaired) electrons. The van der Waals surface area contributed by atoms with Gasteiger partial charge in [-0.05, 0) is 71.1 Å². The molecule has 0 bridgehead atoms. The van der Waals surface area contributed by atoms with E-state index in [-0.39, 0.29) is 5.78 Å². The molecule has 1 aliphatic carbocycles. The van der Waals surface area contributed by atoms with E-state index in [2.05, 4.69) is 53.3 Å². The van der Waals surface area contributed by atoms with E-state index in [1.807, 2.05) is 25.3 Å². The fourth-order valence-corrected chi connectivity index (χ4v) is 4.75. The monoisotopic (exact) mass is 434 g/mol. The molecule has 1 spiro atoms. The van der Waals surface area contributed by atoms with Gasteiger partial charge in [0, 0.05) is 37.8 Å². The zero-order chi connectivity index (χ0) is 22.7. The maximum atomic E-state index is 12.6. The number of allylic oxidation sites excluding steroid dienone is 3. The zero-order valence-electron chi connectivity index (χ0n) is 19.7. The molecule has 1 aromatic heterocycles. The van der Waals surface area contributed by atoms with Crippen molar-refractivity contribution in [3.8, 4) is 0 Å². The number of aromatic nitrogens is 1. The first-order chi connectivity index (χ1) is 15.4. The van der Waals surface area contributed by atoms with Crippen LogP contribution >= 0.6 is 0 Å². The Balaban J connectivity index is 1.56. The third-order valence-corrected chi connectivity index (χ3v) is 6.56. The Hall–Kier alpha value is -2.80. The average Bonchev–Trinajstić information content (AvgIpc) is 2.90. The second kappa shape index (κ2) is 9.36. The minimum absolute atomic E-state index is 0.284. The SMILES string of the molecule is CCN1CCC(=O)CC23CN=C(Nc4cc(CCCN(C)C)cnc4C)N=C2C=CC=C13. The van der Waals surface area contributed by atoms with Crippen molar-refractivity contribution in [2.45, 2.75) is 39.5 Å². The van der Waals surface area contributed by atoms with E-state index in [1.54, 1.807) is 0 Å². The van der Waals surface area contributed by atoms with Crippen molar-refractivity contribution in [3.05, 3.63) is 47.4 Å². The lowest BCUT2D eigenvalue weighted by Crippen LogP contribution is -2.45. The van der Waals surface area contributed by atoms with Crippen LogP contribution in [0.4, 0.5) is 5.69 Å². The predicted octanol–water partition coefficient (Wildman–Crippen LogP) is 3.23. The van der Waals surface area contributed by atoms with E-state index in [4.69, 9.17) is 9.98 Å². The summed E-state index contributed by atoms with van der Waals surface area (Å²) in [5.74, 6) is 0.874. The van der Waals surface area contributed by atoms with Crippen LogP contribution in [0, 0.1) is 12.3 Å². The summed E-state index contributed by atoms with van der Waals surface area (Å²) in [6, 6.07) is 2.15. The Kier molecular flexibility index (Phi) is 6.55. The van der Waals surface area contributed by atoms with Gasteiger partial charge in [-0.3, -0.25) is 9.78 Å². The predicted molar refractivity (Wildman–Crippen MR) is 130 cm³/mol. The van der Waals surface area contributed by atoms with Crippen LogP contribution in [-0.4, -0.2) is 72.5 Å². The van der Waals surface area contributed by atoms with Crippen LogP contribution in [0.5, 0.6) is 0 Å². The third kappa shape index (κ3) is 4.53. The van der Waals surface area contributed by atoms with Gasteiger partial charge in [-0.15, -0.1) is 0 Å². The molecular weight excluding hydrogens is 400 g/mol. The highest BCUT2D eigenvalue weighted by Gasteiger charge is 2.47. The lowest BCUT2D eigenvalue weighted by atomic mass is 9.72. The number of aliphatic imine (C=N–C) groups is 2. The number of ketones is 1. The van der Waals surface area contributed by atoms with E-state index in [0.29, 0.717) is 25.3 Å². The molecule has 0 saturated carbocycles. The summed E-state index contributed by atoms with van der Waals surface area (Å²) >= 11 is 0. The van der Waals surface area contributed by atoms with Crippen LogP contribution < -0.4 is 5.32 Å². The Labute approximate surface area is 191 Å². The van der Waals surface area contributed by atoms with Crippen molar-refractivity contribution in [2.75, 3.05) is 45.6 Å². The van der Waals surface area contributed by atoms with Gasteiger partial charge in [-0.25, -0.2) is 9.98 Å². The molecule has 1 N–H and O–H groups in total. The molecule has 7 heteroatoms. The first kappa shape index (κ1) is 22.4. The second-order valence-corrected chi connectivity index (χ2v) is 9.18. The number of nitrogens with zero attached hydrogens (tertiary/aromatic N) is 5. The normalized spacial score (nSPS) is 22.6. The standard InChI is InChI=1S/C25H34N6O/c1-5-31-13-11-20(32)15-25-17-27-24(29-22(25)9-6-10-23(25)31)28-21-14-19(16-26-18(21)2)8-7-12-30(3)4/h6,9-10,14,16H,5,7-8,11-13,15,17H2,1-4H3,(H,27,28). The molecule has 170 valence electrons. The van der Waals surface area contributed by atoms with Crippen molar-refractivity contribution >= 4 is 23.1 Å². The number of anilines is 1. The lowest BCUT2D eigenvalue weighted by molar-refractivity contribution is -0.119. The summed E-state index contributed by atoms with van der Waals surface area (Å²) < 4.78 is 0. The van der Waals surface area contributed by atoms with Gasteiger partial charge in [-0.2, -0.15) is 0 Å². The summed E-state index contributed by atoms with van der Waals surface area (Å²) in [6.45, 7) is 7.36. The smallest absolute Gasteiger partial charge is 0.222 e. The quantitative estimate of drug-likeness (QED) is 0.744. The zero-order valence-corrected chi connectivity index (χ0v) is 19.7. The van der Waals surface area contributed by atoms with Crippen molar-refractivity contribution in [3.63, 3.8) is 0 Å². The molecule has 0 aromatic carbocycles. The van der Waals surface area contributed by atoms with Crippen molar-refractivity contribution in [1.82, 2.24) is 14.8 Å². The fourth-order valence-electron chi connectivity index (χ4n) is 4.75. The Bertz CT molecular complexity index is 1010. The number of aryl methyl sites for hydroxylation is 2. The highest BCUT2D eigenvalue weighted by atomic mass is 16.1. The van der Waals surface area contributed by atoms with Crippen molar-refractivity contribution in [1.29, 1.82) is 0 Å². The van der Waals surface area contributed by atoms with E-state index in [9.17, 15) is 4.79 Å². The maximum Gasteiger partial charge on any atom is 0.222 e. The van der Waals surface area contributed by atoms with Crippen LogP contribution in [0.3, 0.4) is 0 Å². The number of pyridine rings is 1. The summed E-state index contributed by atoms with van der Waals surface area (Å²) in [5.41, 5.74) is 4.73. The Morgan fingerprint density at radius 3 is 2.94 bits per heavy atom. The number of likely N-dealkylation sites (tertiary alicyclic amines) is 1. The number of carbonyl (C=O) groups excluding carboxylic acids is 1. The lowest BCUT2D eigenvalue weighted by Gasteiger charge is -2.41. The molecule has 1 saturated heterocycles. The van der Waals surface area contributed by atoms with Crippen LogP contribution in [0.15, 0.2) is 46.2 Å². The van der Waals surface area contributed by atoms with Gasteiger partial charge in [0.1, 0.15) is 5.78 Å². The first-order valence-corrected chi connectivity index (χ1v) is 11.6. The van der Waals surface area contributed by atoms with Gasteiger partial charge < -0.3 is 15.1 Å². The summed E-state index contributed by atoms with van der Waals surface area (Å²) in [7, 11) is 4.19. The van der Waals surface area contributed by atoms with Crippen molar-refractivity contribution < 1.29 is 4.79 Å². The minimum Gasteiger partial charge on any atom is -0.374 e. The molecule has 1 atom stereocenters. The number of Topliss-reactive ketones (excluding diaryl/α,β-unsaturated/α-hetero) is 1. The van der Waals surface area contributed by atoms with Gasteiger partial charge in [-0.1, -0.05) is 6.08 Å². The Morgan fingerprint density at radius 2 is 2.16 bits per heavy atom. The summed E-state index contributed by atoms with van der Waals surface area (Å²) in [6.07, 6.45) is 11.3. The molecule has 3 heterocycles. The fraction of sp³-hybridized carbons (Fsp3) is 0.520. The van der Waals surface area contributed by atoms with Gasteiger partial charge >= 0.3 is 0 Å². The molecule has 32 heavy (non-hydrogen) atoms. The van der Waals surface area contributed by atoms with Crippen LogP contribution in [0.25, 0.3) is 0 Å². The van der Waals surface area contributed by atoms with Gasteiger partial charge in [0.15, 0.2) is 0 Å². The first-order valence-electron chi connectivity index (χ1n) is 11.6. The number of hydrogen-bond acceptors (Lipinski definition) is 7.